The minimum absolute atomic E-state index is 0.202. The van der Waals surface area contributed by atoms with Gasteiger partial charge in [0.1, 0.15) is 0 Å². The normalized spacial score (nSPS) is 15.4. The smallest absolute Gasteiger partial charge is 0.225 e. The number of halogens is 2. The van der Waals surface area contributed by atoms with E-state index in [2.05, 4.69) is 26.2 Å². The second-order valence-electron chi connectivity index (χ2n) is 6.76. The predicted molar refractivity (Wildman–Crippen MR) is 102 cm³/mol. The summed E-state index contributed by atoms with van der Waals surface area (Å²) in [6.07, 6.45) is 3.16. The Morgan fingerprint density at radius 1 is 1.11 bits per heavy atom. The Balaban J connectivity index is 1.47. The van der Waals surface area contributed by atoms with Crippen molar-refractivity contribution in [1.82, 2.24) is 9.88 Å². The van der Waals surface area contributed by atoms with Crippen LogP contribution in [0.15, 0.2) is 36.5 Å². The molecule has 1 N–H and O–H groups in total. The molecule has 1 aromatic heterocycles. The van der Waals surface area contributed by atoms with E-state index in [0.717, 1.165) is 50.4 Å². The molecular weight excluding hydrogens is 350 g/mol. The van der Waals surface area contributed by atoms with Crippen LogP contribution < -0.4 is 10.2 Å². The number of rotatable bonds is 5. The number of benzene rings is 1. The first kappa shape index (κ1) is 19.2. The molecule has 1 aliphatic rings. The number of nitrogens with zero attached hydrogens (tertiary/aromatic N) is 3. The minimum Gasteiger partial charge on any atom is -0.370 e. The molecule has 1 saturated heterocycles. The van der Waals surface area contributed by atoms with E-state index >= 15 is 0 Å². The second-order valence-corrected chi connectivity index (χ2v) is 6.76. The van der Waals surface area contributed by atoms with Gasteiger partial charge in [-0.1, -0.05) is 0 Å². The van der Waals surface area contributed by atoms with Crippen molar-refractivity contribution in [2.24, 2.45) is 0 Å². The van der Waals surface area contributed by atoms with Crippen LogP contribution in [0, 0.1) is 18.6 Å². The van der Waals surface area contributed by atoms with Crippen LogP contribution in [0.5, 0.6) is 0 Å². The Labute approximate surface area is 158 Å². The topological polar surface area (TPSA) is 48.5 Å². The molecule has 0 aliphatic carbocycles. The fourth-order valence-corrected chi connectivity index (χ4v) is 3.24. The summed E-state index contributed by atoms with van der Waals surface area (Å²) in [4.78, 5) is 20.9. The average Bonchev–Trinajstić information content (AvgIpc) is 2.89. The molecule has 144 valence electrons. The number of pyridine rings is 1. The van der Waals surface area contributed by atoms with Crippen LogP contribution in [-0.4, -0.2) is 48.5 Å². The number of nitrogens with one attached hydrogen (secondary N) is 1. The molecular formula is C20H24F2N4O. The van der Waals surface area contributed by atoms with Crippen molar-refractivity contribution < 1.29 is 13.6 Å². The summed E-state index contributed by atoms with van der Waals surface area (Å²) >= 11 is 0. The Bertz CT molecular complexity index is 799. The summed E-state index contributed by atoms with van der Waals surface area (Å²) in [5, 5.41) is 2.62. The molecule has 2 aromatic rings. The molecule has 1 amide bonds. The van der Waals surface area contributed by atoms with Crippen LogP contribution in [0.3, 0.4) is 0 Å². The maximum atomic E-state index is 13.2. The summed E-state index contributed by atoms with van der Waals surface area (Å²) in [5.74, 6) is -2.09. The van der Waals surface area contributed by atoms with Gasteiger partial charge in [0.05, 0.1) is 0 Å². The highest BCUT2D eigenvalue weighted by molar-refractivity contribution is 5.90. The fraction of sp³-hybridized carbons (Fsp3) is 0.400. The van der Waals surface area contributed by atoms with E-state index in [4.69, 9.17) is 0 Å². The zero-order valence-electron chi connectivity index (χ0n) is 15.4. The summed E-state index contributed by atoms with van der Waals surface area (Å²) in [5.41, 5.74) is 2.46. The first-order chi connectivity index (χ1) is 13.0. The number of anilines is 2. The number of carbonyl (C=O) groups excluding carboxylic acids is 1. The lowest BCUT2D eigenvalue weighted by molar-refractivity contribution is -0.116. The monoisotopic (exact) mass is 374 g/mol. The Hall–Kier alpha value is -2.54. The quantitative estimate of drug-likeness (QED) is 0.873. The number of amides is 1. The highest BCUT2D eigenvalue weighted by atomic mass is 19.2. The molecule has 3 rings (SSSR count). The second kappa shape index (κ2) is 8.90. The zero-order valence-corrected chi connectivity index (χ0v) is 15.4. The number of aryl methyl sites for hydroxylation is 1. The number of hydrogen-bond acceptors (Lipinski definition) is 4. The fourth-order valence-electron chi connectivity index (χ4n) is 3.24. The van der Waals surface area contributed by atoms with Crippen LogP contribution in [0.2, 0.25) is 0 Å². The van der Waals surface area contributed by atoms with Gasteiger partial charge in [0.15, 0.2) is 11.6 Å². The third-order valence-electron chi connectivity index (χ3n) is 4.69. The third-order valence-corrected chi connectivity index (χ3v) is 4.69. The zero-order chi connectivity index (χ0) is 19.2. The van der Waals surface area contributed by atoms with Gasteiger partial charge in [0, 0.05) is 61.9 Å². The van der Waals surface area contributed by atoms with Gasteiger partial charge in [-0.15, -0.1) is 0 Å². The summed E-state index contributed by atoms with van der Waals surface area (Å²) in [7, 11) is 0. The lowest BCUT2D eigenvalue weighted by Crippen LogP contribution is -2.32. The molecule has 0 saturated carbocycles. The van der Waals surface area contributed by atoms with Crippen LogP contribution in [0.1, 0.15) is 18.5 Å². The van der Waals surface area contributed by atoms with E-state index in [-0.39, 0.29) is 11.6 Å². The lowest BCUT2D eigenvalue weighted by Gasteiger charge is -2.23. The number of aromatic nitrogens is 1. The van der Waals surface area contributed by atoms with Crippen molar-refractivity contribution in [3.8, 4) is 0 Å². The van der Waals surface area contributed by atoms with Crippen molar-refractivity contribution >= 4 is 17.3 Å². The van der Waals surface area contributed by atoms with Crippen LogP contribution in [-0.2, 0) is 4.79 Å². The Kier molecular flexibility index (Phi) is 6.34. The molecule has 7 heteroatoms. The lowest BCUT2D eigenvalue weighted by atomic mass is 10.2. The van der Waals surface area contributed by atoms with E-state index in [9.17, 15) is 13.6 Å². The highest BCUT2D eigenvalue weighted by Gasteiger charge is 2.16. The molecule has 1 aromatic carbocycles. The molecule has 27 heavy (non-hydrogen) atoms. The first-order valence-corrected chi connectivity index (χ1v) is 9.16. The van der Waals surface area contributed by atoms with Crippen LogP contribution in [0.25, 0.3) is 0 Å². The van der Waals surface area contributed by atoms with E-state index in [0.29, 0.717) is 13.0 Å². The summed E-state index contributed by atoms with van der Waals surface area (Å²) < 4.78 is 26.1. The minimum atomic E-state index is -0.966. The molecule has 5 nitrogen and oxygen atoms in total. The molecule has 0 unspecified atom stereocenters. The largest absolute Gasteiger partial charge is 0.370 e. The SMILES string of the molecule is Cc1cc(N2CCCN(CCC(=O)Nc3ccc(F)c(F)c3)CC2)ccn1. The van der Waals surface area contributed by atoms with Gasteiger partial charge in [0.25, 0.3) is 0 Å². The molecule has 0 radical (unpaired) electrons. The van der Waals surface area contributed by atoms with Gasteiger partial charge in [0.2, 0.25) is 5.91 Å². The van der Waals surface area contributed by atoms with Gasteiger partial charge in [-0.25, -0.2) is 8.78 Å². The van der Waals surface area contributed by atoms with Crippen molar-refractivity contribution in [3.63, 3.8) is 0 Å². The Morgan fingerprint density at radius 2 is 1.96 bits per heavy atom. The maximum absolute atomic E-state index is 13.2. The van der Waals surface area contributed by atoms with Crippen LogP contribution in [0.4, 0.5) is 20.2 Å². The summed E-state index contributed by atoms with van der Waals surface area (Å²) in [6.45, 7) is 6.30. The van der Waals surface area contributed by atoms with E-state index in [1.165, 1.54) is 11.8 Å². The average molecular weight is 374 g/mol. The number of hydrogen-bond donors (Lipinski definition) is 1. The van der Waals surface area contributed by atoms with E-state index in [1.807, 2.05) is 19.2 Å². The van der Waals surface area contributed by atoms with Crippen molar-refractivity contribution in [2.45, 2.75) is 19.8 Å². The van der Waals surface area contributed by atoms with Crippen molar-refractivity contribution in [1.29, 1.82) is 0 Å². The summed E-state index contributed by atoms with van der Waals surface area (Å²) in [6, 6.07) is 7.47. The molecule has 0 atom stereocenters. The molecule has 1 fully saturated rings. The maximum Gasteiger partial charge on any atom is 0.225 e. The molecule has 0 spiro atoms. The highest BCUT2D eigenvalue weighted by Crippen LogP contribution is 2.17. The van der Waals surface area contributed by atoms with Crippen molar-refractivity contribution in [3.05, 3.63) is 53.9 Å². The van der Waals surface area contributed by atoms with E-state index < -0.39 is 11.6 Å². The van der Waals surface area contributed by atoms with Gasteiger partial charge >= 0.3 is 0 Å². The predicted octanol–water partition coefficient (Wildman–Crippen LogP) is 3.21. The third kappa shape index (κ3) is 5.47. The van der Waals surface area contributed by atoms with Gasteiger partial charge in [-0.2, -0.15) is 0 Å². The molecule has 2 heterocycles. The van der Waals surface area contributed by atoms with Gasteiger partial charge in [-0.3, -0.25) is 9.78 Å². The molecule has 0 bridgehead atoms. The van der Waals surface area contributed by atoms with Gasteiger partial charge < -0.3 is 15.1 Å². The molecule has 1 aliphatic heterocycles. The van der Waals surface area contributed by atoms with Crippen molar-refractivity contribution in [2.75, 3.05) is 42.9 Å². The number of carbonyl (C=O) groups is 1. The van der Waals surface area contributed by atoms with E-state index in [1.54, 1.807) is 0 Å². The Morgan fingerprint density at radius 3 is 2.74 bits per heavy atom. The van der Waals surface area contributed by atoms with Crippen LogP contribution >= 0.6 is 0 Å². The first-order valence-electron chi connectivity index (χ1n) is 9.16. The standard InChI is InChI=1S/C20H24F2N4O/c1-15-13-17(5-7-23-15)26-9-2-8-25(11-12-26)10-6-20(27)24-16-3-4-18(21)19(22)14-16/h3-5,7,13-14H,2,6,8-12H2,1H3,(H,24,27). The van der Waals surface area contributed by atoms with Gasteiger partial charge in [-0.05, 0) is 44.2 Å².